The van der Waals surface area contributed by atoms with Crippen LogP contribution in [0.1, 0.15) is 33.2 Å². The molecule has 130 valence electrons. The molecule has 0 aromatic heterocycles. The third-order valence-electron chi connectivity index (χ3n) is 3.51. The Hall–Kier alpha value is -3.15. The number of esters is 2. The second-order valence-electron chi connectivity index (χ2n) is 5.22. The van der Waals surface area contributed by atoms with Crippen molar-refractivity contribution in [3.63, 3.8) is 0 Å². The largest absolute Gasteiger partial charge is 0.465 e. The van der Waals surface area contributed by atoms with Gasteiger partial charge in [0.25, 0.3) is 5.91 Å². The fourth-order valence-electron chi connectivity index (χ4n) is 2.22. The van der Waals surface area contributed by atoms with E-state index in [0.717, 1.165) is 12.0 Å². The first-order valence-corrected chi connectivity index (χ1v) is 7.78. The lowest BCUT2D eigenvalue weighted by Crippen LogP contribution is -2.22. The summed E-state index contributed by atoms with van der Waals surface area (Å²) in [5.41, 5.74) is 1.86. The molecule has 1 amide bonds. The highest BCUT2D eigenvalue weighted by Crippen LogP contribution is 2.13. The number of aryl methyl sites for hydroxylation is 1. The van der Waals surface area contributed by atoms with Crippen molar-refractivity contribution in [3.05, 3.63) is 65.2 Å². The highest BCUT2D eigenvalue weighted by molar-refractivity contribution is 6.04. The summed E-state index contributed by atoms with van der Waals surface area (Å²) in [5, 5.41) is 2.66. The van der Waals surface area contributed by atoms with E-state index in [2.05, 4.69) is 10.1 Å². The molecular formula is C19H19NO5. The van der Waals surface area contributed by atoms with Crippen LogP contribution in [0.25, 0.3) is 0 Å². The van der Waals surface area contributed by atoms with Crippen molar-refractivity contribution in [3.8, 4) is 0 Å². The zero-order valence-electron chi connectivity index (χ0n) is 14.1. The van der Waals surface area contributed by atoms with Gasteiger partial charge in [0, 0.05) is 5.69 Å². The van der Waals surface area contributed by atoms with Gasteiger partial charge in [-0.3, -0.25) is 4.79 Å². The van der Waals surface area contributed by atoms with E-state index in [4.69, 9.17) is 4.74 Å². The number of hydrogen-bond donors (Lipinski definition) is 1. The van der Waals surface area contributed by atoms with Crippen molar-refractivity contribution in [2.45, 2.75) is 13.3 Å². The smallest absolute Gasteiger partial charge is 0.339 e. The number of carbonyl (C=O) groups excluding carboxylic acids is 3. The minimum absolute atomic E-state index is 0.0510. The fraction of sp³-hybridized carbons (Fsp3) is 0.211. The molecule has 0 bridgehead atoms. The molecule has 0 saturated carbocycles. The molecule has 6 heteroatoms. The van der Waals surface area contributed by atoms with Gasteiger partial charge in [-0.1, -0.05) is 31.2 Å². The number of benzene rings is 2. The van der Waals surface area contributed by atoms with E-state index in [9.17, 15) is 14.4 Å². The molecule has 0 aliphatic heterocycles. The van der Waals surface area contributed by atoms with Crippen LogP contribution in [0.3, 0.4) is 0 Å². The van der Waals surface area contributed by atoms with E-state index in [0.29, 0.717) is 5.69 Å². The number of anilines is 1. The summed E-state index contributed by atoms with van der Waals surface area (Å²) in [5.74, 6) is -1.87. The second-order valence-corrected chi connectivity index (χ2v) is 5.22. The average molecular weight is 341 g/mol. The maximum absolute atomic E-state index is 12.1. The summed E-state index contributed by atoms with van der Waals surface area (Å²) in [6.07, 6.45) is 0.850. The number of carbonyl (C=O) groups is 3. The normalized spacial score (nSPS) is 10.0. The first-order chi connectivity index (χ1) is 12.0. The van der Waals surface area contributed by atoms with Gasteiger partial charge < -0.3 is 14.8 Å². The Morgan fingerprint density at radius 3 is 2.28 bits per heavy atom. The molecule has 0 fully saturated rings. The average Bonchev–Trinajstić information content (AvgIpc) is 2.65. The lowest BCUT2D eigenvalue weighted by molar-refractivity contribution is -0.119. The molecule has 0 spiro atoms. The van der Waals surface area contributed by atoms with E-state index >= 15 is 0 Å². The zero-order valence-corrected chi connectivity index (χ0v) is 14.1. The standard InChI is InChI=1S/C19H19NO5/c1-3-13-7-6-8-14(11-13)20-17(21)12-25-19(23)16-10-5-4-9-15(16)18(22)24-2/h4-11H,3,12H2,1-2H3,(H,20,21). The summed E-state index contributed by atoms with van der Waals surface area (Å²) in [7, 11) is 1.22. The van der Waals surface area contributed by atoms with Crippen LogP contribution in [0.4, 0.5) is 5.69 Å². The predicted octanol–water partition coefficient (Wildman–Crippen LogP) is 2.83. The molecule has 0 aliphatic rings. The van der Waals surface area contributed by atoms with Crippen molar-refractivity contribution in [2.24, 2.45) is 0 Å². The van der Waals surface area contributed by atoms with E-state index in [1.165, 1.54) is 19.2 Å². The Morgan fingerprint density at radius 1 is 0.960 bits per heavy atom. The number of nitrogens with one attached hydrogen (secondary N) is 1. The Balaban J connectivity index is 1.98. The van der Waals surface area contributed by atoms with E-state index in [1.807, 2.05) is 25.1 Å². The Bertz CT molecular complexity index is 785. The molecule has 0 radical (unpaired) electrons. The van der Waals surface area contributed by atoms with Crippen LogP contribution in [-0.4, -0.2) is 31.6 Å². The van der Waals surface area contributed by atoms with Crippen LogP contribution in [-0.2, 0) is 20.7 Å². The first-order valence-electron chi connectivity index (χ1n) is 7.78. The molecule has 1 N–H and O–H groups in total. The molecule has 6 nitrogen and oxygen atoms in total. The van der Waals surface area contributed by atoms with Gasteiger partial charge in [-0.05, 0) is 36.2 Å². The Morgan fingerprint density at radius 2 is 1.64 bits per heavy atom. The molecule has 25 heavy (non-hydrogen) atoms. The summed E-state index contributed by atoms with van der Waals surface area (Å²) < 4.78 is 9.62. The minimum atomic E-state index is -0.765. The minimum Gasteiger partial charge on any atom is -0.465 e. The van der Waals surface area contributed by atoms with Crippen LogP contribution < -0.4 is 5.32 Å². The quantitative estimate of drug-likeness (QED) is 0.817. The first kappa shape index (κ1) is 18.2. The molecule has 2 rings (SSSR count). The maximum atomic E-state index is 12.1. The molecule has 0 saturated heterocycles. The summed E-state index contributed by atoms with van der Waals surface area (Å²) in [4.78, 5) is 35.7. The monoisotopic (exact) mass is 341 g/mol. The summed E-state index contributed by atoms with van der Waals surface area (Å²) in [6.45, 7) is 1.56. The molecule has 2 aromatic rings. The van der Waals surface area contributed by atoms with Crippen molar-refractivity contribution in [2.75, 3.05) is 19.0 Å². The predicted molar refractivity (Wildman–Crippen MR) is 92.5 cm³/mol. The van der Waals surface area contributed by atoms with Gasteiger partial charge in [0.15, 0.2) is 6.61 Å². The SMILES string of the molecule is CCc1cccc(NC(=O)COC(=O)c2ccccc2C(=O)OC)c1. The molecule has 0 unspecified atom stereocenters. The Labute approximate surface area is 145 Å². The van der Waals surface area contributed by atoms with Crippen molar-refractivity contribution in [1.29, 1.82) is 0 Å². The van der Waals surface area contributed by atoms with Gasteiger partial charge in [-0.15, -0.1) is 0 Å². The lowest BCUT2D eigenvalue weighted by atomic mass is 10.1. The second kappa shape index (κ2) is 8.63. The van der Waals surface area contributed by atoms with Gasteiger partial charge in [-0.25, -0.2) is 9.59 Å². The summed E-state index contributed by atoms with van der Waals surface area (Å²) in [6, 6.07) is 13.5. The number of amides is 1. The highest BCUT2D eigenvalue weighted by Gasteiger charge is 2.19. The van der Waals surface area contributed by atoms with E-state index in [1.54, 1.807) is 18.2 Å². The number of rotatable bonds is 6. The van der Waals surface area contributed by atoms with E-state index in [-0.39, 0.29) is 11.1 Å². The number of ether oxygens (including phenoxy) is 2. The van der Waals surface area contributed by atoms with Crippen LogP contribution in [0.2, 0.25) is 0 Å². The van der Waals surface area contributed by atoms with Gasteiger partial charge in [0.2, 0.25) is 0 Å². The van der Waals surface area contributed by atoms with Crippen LogP contribution in [0.5, 0.6) is 0 Å². The molecule has 0 heterocycles. The van der Waals surface area contributed by atoms with Crippen molar-refractivity contribution < 1.29 is 23.9 Å². The van der Waals surface area contributed by atoms with Gasteiger partial charge in [-0.2, -0.15) is 0 Å². The third kappa shape index (κ3) is 4.91. The van der Waals surface area contributed by atoms with Crippen molar-refractivity contribution >= 4 is 23.5 Å². The topological polar surface area (TPSA) is 81.7 Å². The Kier molecular flexibility index (Phi) is 6.28. The molecular weight excluding hydrogens is 322 g/mol. The van der Waals surface area contributed by atoms with Crippen LogP contribution in [0, 0.1) is 0 Å². The van der Waals surface area contributed by atoms with Crippen molar-refractivity contribution in [1.82, 2.24) is 0 Å². The van der Waals surface area contributed by atoms with Gasteiger partial charge in [0.1, 0.15) is 0 Å². The molecule has 0 atom stereocenters. The van der Waals surface area contributed by atoms with Gasteiger partial charge >= 0.3 is 11.9 Å². The lowest BCUT2D eigenvalue weighted by Gasteiger charge is -2.09. The highest BCUT2D eigenvalue weighted by atomic mass is 16.5. The molecule has 2 aromatic carbocycles. The zero-order chi connectivity index (χ0) is 18.2. The fourth-order valence-corrected chi connectivity index (χ4v) is 2.22. The number of methoxy groups -OCH3 is 1. The maximum Gasteiger partial charge on any atom is 0.339 e. The summed E-state index contributed by atoms with van der Waals surface area (Å²) >= 11 is 0. The number of hydrogen-bond acceptors (Lipinski definition) is 5. The third-order valence-corrected chi connectivity index (χ3v) is 3.51. The van der Waals surface area contributed by atoms with Crippen LogP contribution in [0.15, 0.2) is 48.5 Å². The van der Waals surface area contributed by atoms with E-state index < -0.39 is 24.5 Å². The molecule has 0 aliphatic carbocycles. The van der Waals surface area contributed by atoms with Gasteiger partial charge in [0.05, 0.1) is 18.2 Å². The van der Waals surface area contributed by atoms with Crippen LogP contribution >= 0.6 is 0 Å².